The van der Waals surface area contributed by atoms with Crippen molar-refractivity contribution in [2.75, 3.05) is 7.11 Å². The first kappa shape index (κ1) is 12.1. The van der Waals surface area contributed by atoms with Gasteiger partial charge in [-0.25, -0.2) is 0 Å². The molecule has 0 spiro atoms. The van der Waals surface area contributed by atoms with Crippen molar-refractivity contribution < 1.29 is 14.5 Å². The number of ether oxygens (including phenoxy) is 1. The highest BCUT2D eigenvalue weighted by Gasteiger charge is 2.15. The Labute approximate surface area is 91.4 Å². The summed E-state index contributed by atoms with van der Waals surface area (Å²) >= 11 is 0. The molecule has 1 rings (SSSR count). The first-order chi connectivity index (χ1) is 7.54. The molecule has 0 fully saturated rings. The van der Waals surface area contributed by atoms with Gasteiger partial charge in [0.05, 0.1) is 7.11 Å². The molecule has 2 N–H and O–H groups in total. The molecule has 1 heterocycles. The number of methoxy groups -OCH3 is 1. The zero-order chi connectivity index (χ0) is 12.1. The van der Waals surface area contributed by atoms with Crippen molar-refractivity contribution in [2.45, 2.75) is 12.5 Å². The largest absolute Gasteiger partial charge is 0.468 e. The third-order valence-electron chi connectivity index (χ3n) is 1.96. The highest BCUT2D eigenvalue weighted by Crippen LogP contribution is 2.08. The van der Waals surface area contributed by atoms with E-state index < -0.39 is 16.9 Å². The molecule has 0 radical (unpaired) electrons. The summed E-state index contributed by atoms with van der Waals surface area (Å²) in [4.78, 5) is 24.4. The molecule has 16 heavy (non-hydrogen) atoms. The smallest absolute Gasteiger partial charge is 0.363 e. The maximum absolute atomic E-state index is 11.0. The number of rotatable bonds is 4. The first-order valence-electron chi connectivity index (χ1n) is 4.47. The van der Waals surface area contributed by atoms with Crippen LogP contribution in [0, 0.1) is 10.1 Å². The normalized spacial score (nSPS) is 11.9. The van der Waals surface area contributed by atoms with Gasteiger partial charge >= 0.3 is 11.8 Å². The minimum absolute atomic E-state index is 0.234. The Morgan fingerprint density at radius 1 is 1.69 bits per heavy atom. The quantitative estimate of drug-likeness (QED) is 0.440. The monoisotopic (exact) mass is 225 g/mol. The van der Waals surface area contributed by atoms with Crippen LogP contribution in [0.15, 0.2) is 18.3 Å². The minimum atomic E-state index is -0.784. The molecule has 7 heteroatoms. The van der Waals surface area contributed by atoms with Gasteiger partial charge in [-0.05, 0) is 21.5 Å². The summed E-state index contributed by atoms with van der Waals surface area (Å²) in [5.41, 5.74) is 6.16. The number of pyridine rings is 1. The molecule has 0 unspecified atom stereocenters. The summed E-state index contributed by atoms with van der Waals surface area (Å²) in [5, 5.41) is 10.3. The minimum Gasteiger partial charge on any atom is -0.468 e. The summed E-state index contributed by atoms with van der Waals surface area (Å²) in [5.74, 6) is -0.770. The molecule has 7 nitrogen and oxygen atoms in total. The number of nitrogens with two attached hydrogens (primary N) is 1. The fourth-order valence-electron chi connectivity index (χ4n) is 1.13. The lowest BCUT2D eigenvalue weighted by Gasteiger charge is -2.07. The molecule has 0 aliphatic rings. The lowest BCUT2D eigenvalue weighted by Crippen LogP contribution is -2.33. The summed E-state index contributed by atoms with van der Waals surface area (Å²) < 4.78 is 4.45. The van der Waals surface area contributed by atoms with E-state index >= 15 is 0 Å². The zero-order valence-corrected chi connectivity index (χ0v) is 8.62. The molecule has 0 bridgehead atoms. The molecule has 86 valence electrons. The number of esters is 1. The van der Waals surface area contributed by atoms with Crippen LogP contribution in [0.3, 0.4) is 0 Å². The molecule has 1 atom stereocenters. The van der Waals surface area contributed by atoms with E-state index in [2.05, 4.69) is 9.72 Å². The van der Waals surface area contributed by atoms with Crippen LogP contribution in [0.25, 0.3) is 0 Å². The molecular weight excluding hydrogens is 214 g/mol. The second-order valence-electron chi connectivity index (χ2n) is 3.12. The topological polar surface area (TPSA) is 108 Å². The van der Waals surface area contributed by atoms with Crippen molar-refractivity contribution in [3.8, 4) is 0 Å². The van der Waals surface area contributed by atoms with Crippen molar-refractivity contribution in [1.29, 1.82) is 0 Å². The fourth-order valence-corrected chi connectivity index (χ4v) is 1.13. The Hall–Kier alpha value is -2.02. The van der Waals surface area contributed by atoms with Crippen LogP contribution in [0.5, 0.6) is 0 Å². The van der Waals surface area contributed by atoms with Crippen molar-refractivity contribution >= 4 is 11.8 Å². The van der Waals surface area contributed by atoms with Gasteiger partial charge in [0.25, 0.3) is 0 Å². The number of nitrogens with zero attached hydrogens (tertiary/aromatic N) is 2. The molecule has 0 saturated heterocycles. The van der Waals surface area contributed by atoms with Crippen LogP contribution in [-0.4, -0.2) is 29.0 Å². The van der Waals surface area contributed by atoms with E-state index in [9.17, 15) is 14.9 Å². The van der Waals surface area contributed by atoms with Crippen LogP contribution in [-0.2, 0) is 16.0 Å². The predicted octanol–water partition coefficient (Wildman–Crippen LogP) is 0.0326. The van der Waals surface area contributed by atoms with Crippen LogP contribution in [0.2, 0.25) is 0 Å². The van der Waals surface area contributed by atoms with Crippen molar-refractivity contribution in [3.05, 3.63) is 34.0 Å². The van der Waals surface area contributed by atoms with E-state index in [0.717, 1.165) is 0 Å². The number of aromatic nitrogens is 1. The number of nitro groups is 1. The molecule has 0 aliphatic carbocycles. The molecule has 0 aromatic carbocycles. The maximum atomic E-state index is 11.0. The fraction of sp³-hybridized carbons (Fsp3) is 0.333. The van der Waals surface area contributed by atoms with Crippen LogP contribution in [0.4, 0.5) is 5.82 Å². The number of carbonyl (C=O) groups is 1. The van der Waals surface area contributed by atoms with Gasteiger partial charge in [0.1, 0.15) is 12.2 Å². The highest BCUT2D eigenvalue weighted by atomic mass is 16.6. The van der Waals surface area contributed by atoms with Gasteiger partial charge < -0.3 is 20.6 Å². The molecule has 1 aromatic heterocycles. The van der Waals surface area contributed by atoms with Gasteiger partial charge in [-0.2, -0.15) is 0 Å². The Morgan fingerprint density at radius 2 is 2.38 bits per heavy atom. The van der Waals surface area contributed by atoms with Crippen LogP contribution < -0.4 is 5.73 Å². The third kappa shape index (κ3) is 2.99. The summed E-state index contributed by atoms with van der Waals surface area (Å²) in [6.07, 6.45) is 1.55. The first-order valence-corrected chi connectivity index (χ1v) is 4.47. The summed E-state index contributed by atoms with van der Waals surface area (Å²) in [6, 6.07) is 1.99. The van der Waals surface area contributed by atoms with Crippen LogP contribution >= 0.6 is 0 Å². The van der Waals surface area contributed by atoms with Gasteiger partial charge in [0, 0.05) is 12.5 Å². The van der Waals surface area contributed by atoms with Crippen molar-refractivity contribution in [2.24, 2.45) is 5.73 Å². The van der Waals surface area contributed by atoms with Gasteiger partial charge in [-0.15, -0.1) is 0 Å². The molecule has 0 amide bonds. The third-order valence-corrected chi connectivity index (χ3v) is 1.96. The summed E-state index contributed by atoms with van der Waals surface area (Å²) in [7, 11) is 1.25. The second-order valence-corrected chi connectivity index (χ2v) is 3.12. The lowest BCUT2D eigenvalue weighted by molar-refractivity contribution is -0.389. The second kappa shape index (κ2) is 5.17. The predicted molar refractivity (Wildman–Crippen MR) is 54.6 cm³/mol. The Morgan fingerprint density at radius 3 is 2.81 bits per heavy atom. The molecule has 0 aliphatic heterocycles. The molecule has 1 aromatic rings. The average Bonchev–Trinajstić information content (AvgIpc) is 2.28. The van der Waals surface area contributed by atoms with E-state index in [-0.39, 0.29) is 12.2 Å². The molecular formula is C9H11N3O4. The highest BCUT2D eigenvalue weighted by molar-refractivity contribution is 5.75. The Kier molecular flexibility index (Phi) is 3.90. The average molecular weight is 225 g/mol. The van der Waals surface area contributed by atoms with Gasteiger partial charge in [-0.1, -0.05) is 0 Å². The SMILES string of the molecule is COC(=O)[C@@H](N)Cc1ccc([N+](=O)[O-])nc1. The van der Waals surface area contributed by atoms with Crippen LogP contribution in [0.1, 0.15) is 5.56 Å². The maximum Gasteiger partial charge on any atom is 0.363 e. The van der Waals surface area contributed by atoms with Gasteiger partial charge in [0.2, 0.25) is 0 Å². The van der Waals surface area contributed by atoms with Crippen molar-refractivity contribution in [3.63, 3.8) is 0 Å². The van der Waals surface area contributed by atoms with Crippen molar-refractivity contribution in [1.82, 2.24) is 4.98 Å². The standard InChI is InChI=1S/C9H11N3O4/c1-16-9(13)7(10)4-6-2-3-8(11-5-6)12(14)15/h2-3,5,7H,4,10H2,1H3/t7-/m0/s1. The van der Waals surface area contributed by atoms with E-state index in [1.165, 1.54) is 25.4 Å². The number of hydrogen-bond acceptors (Lipinski definition) is 6. The van der Waals surface area contributed by atoms with E-state index in [1.807, 2.05) is 0 Å². The Balaban J connectivity index is 2.68. The zero-order valence-electron chi connectivity index (χ0n) is 8.62. The van der Waals surface area contributed by atoms with E-state index in [0.29, 0.717) is 5.56 Å². The molecule has 0 saturated carbocycles. The Bertz CT molecular complexity index is 390. The van der Waals surface area contributed by atoms with Gasteiger partial charge in [0.15, 0.2) is 0 Å². The number of carbonyl (C=O) groups excluding carboxylic acids is 1. The van der Waals surface area contributed by atoms with Gasteiger partial charge in [-0.3, -0.25) is 4.79 Å². The lowest BCUT2D eigenvalue weighted by atomic mass is 10.1. The summed E-state index contributed by atoms with van der Waals surface area (Å²) in [6.45, 7) is 0. The number of hydrogen-bond donors (Lipinski definition) is 1. The van der Waals surface area contributed by atoms with E-state index in [4.69, 9.17) is 5.73 Å². The van der Waals surface area contributed by atoms with E-state index in [1.54, 1.807) is 0 Å².